The molecular weight excluding hydrogens is 332 g/mol. The molecular formula is C19H26N4OS. The molecule has 0 spiro atoms. The standard InChI is InChI=1S/C19H26N4OS/c1-4-20-19(22-12-18-21-11-15(3)25-18)23-9-10-24-17(13-23)16-8-6-5-7-14(16)2/h5-8,11,17H,4,9-10,12-13H2,1-3H3,(H,20,22). The van der Waals surface area contributed by atoms with Crippen LogP contribution in [0.2, 0.25) is 0 Å². The average molecular weight is 359 g/mol. The van der Waals surface area contributed by atoms with Gasteiger partial charge in [-0.05, 0) is 31.9 Å². The van der Waals surface area contributed by atoms with Gasteiger partial charge in [-0.15, -0.1) is 11.3 Å². The van der Waals surface area contributed by atoms with Crippen LogP contribution in [0.4, 0.5) is 0 Å². The molecule has 25 heavy (non-hydrogen) atoms. The number of rotatable bonds is 4. The second-order valence-corrected chi connectivity index (χ2v) is 7.52. The molecule has 1 unspecified atom stereocenters. The molecule has 1 aliphatic heterocycles. The summed E-state index contributed by atoms with van der Waals surface area (Å²) in [6.07, 6.45) is 1.99. The van der Waals surface area contributed by atoms with E-state index in [2.05, 4.69) is 60.2 Å². The summed E-state index contributed by atoms with van der Waals surface area (Å²) >= 11 is 1.70. The maximum Gasteiger partial charge on any atom is 0.194 e. The van der Waals surface area contributed by atoms with E-state index in [1.165, 1.54) is 16.0 Å². The molecule has 1 aromatic heterocycles. The van der Waals surface area contributed by atoms with Gasteiger partial charge in [0.1, 0.15) is 11.1 Å². The molecule has 2 heterocycles. The number of aliphatic imine (C=N–C) groups is 1. The van der Waals surface area contributed by atoms with Crippen LogP contribution >= 0.6 is 11.3 Å². The van der Waals surface area contributed by atoms with Gasteiger partial charge in [0, 0.05) is 24.2 Å². The normalized spacial score (nSPS) is 18.4. The second-order valence-electron chi connectivity index (χ2n) is 6.20. The van der Waals surface area contributed by atoms with Gasteiger partial charge in [0.2, 0.25) is 0 Å². The first-order chi connectivity index (χ1) is 12.2. The summed E-state index contributed by atoms with van der Waals surface area (Å²) in [5.41, 5.74) is 2.54. The Bertz CT molecular complexity index is 728. The van der Waals surface area contributed by atoms with Gasteiger partial charge in [-0.25, -0.2) is 9.98 Å². The number of benzene rings is 1. The van der Waals surface area contributed by atoms with E-state index in [1.54, 1.807) is 11.3 Å². The molecule has 1 saturated heterocycles. The molecule has 6 heteroatoms. The lowest BCUT2D eigenvalue weighted by Crippen LogP contribution is -2.48. The molecule has 1 fully saturated rings. The molecule has 2 aromatic rings. The molecule has 0 amide bonds. The molecule has 1 atom stereocenters. The lowest BCUT2D eigenvalue weighted by molar-refractivity contribution is -0.00834. The largest absolute Gasteiger partial charge is 0.370 e. The number of nitrogens with zero attached hydrogens (tertiary/aromatic N) is 3. The van der Waals surface area contributed by atoms with Crippen LogP contribution < -0.4 is 5.32 Å². The molecule has 3 rings (SSSR count). The number of nitrogens with one attached hydrogen (secondary N) is 1. The molecule has 0 bridgehead atoms. The quantitative estimate of drug-likeness (QED) is 0.673. The van der Waals surface area contributed by atoms with Crippen LogP contribution in [-0.4, -0.2) is 42.1 Å². The third-order valence-electron chi connectivity index (χ3n) is 4.27. The maximum absolute atomic E-state index is 6.03. The Morgan fingerprint density at radius 2 is 2.24 bits per heavy atom. The zero-order valence-corrected chi connectivity index (χ0v) is 16.0. The van der Waals surface area contributed by atoms with Gasteiger partial charge in [0.05, 0.1) is 19.7 Å². The van der Waals surface area contributed by atoms with Crippen molar-refractivity contribution in [1.82, 2.24) is 15.2 Å². The van der Waals surface area contributed by atoms with Gasteiger partial charge in [-0.2, -0.15) is 0 Å². The lowest BCUT2D eigenvalue weighted by Gasteiger charge is -2.35. The van der Waals surface area contributed by atoms with Gasteiger partial charge >= 0.3 is 0 Å². The summed E-state index contributed by atoms with van der Waals surface area (Å²) < 4.78 is 6.03. The highest BCUT2D eigenvalue weighted by atomic mass is 32.1. The zero-order chi connectivity index (χ0) is 17.6. The van der Waals surface area contributed by atoms with E-state index in [9.17, 15) is 0 Å². The van der Waals surface area contributed by atoms with Crippen molar-refractivity contribution >= 4 is 17.3 Å². The number of ether oxygens (including phenoxy) is 1. The summed E-state index contributed by atoms with van der Waals surface area (Å²) in [4.78, 5) is 12.7. The Balaban J connectivity index is 1.73. The van der Waals surface area contributed by atoms with E-state index in [1.807, 2.05) is 6.20 Å². The Morgan fingerprint density at radius 1 is 1.40 bits per heavy atom. The predicted molar refractivity (Wildman–Crippen MR) is 103 cm³/mol. The van der Waals surface area contributed by atoms with Crippen LogP contribution in [0.5, 0.6) is 0 Å². The van der Waals surface area contributed by atoms with Crippen molar-refractivity contribution < 1.29 is 4.74 Å². The Hall–Kier alpha value is -1.92. The molecule has 5 nitrogen and oxygen atoms in total. The zero-order valence-electron chi connectivity index (χ0n) is 15.2. The van der Waals surface area contributed by atoms with Crippen molar-refractivity contribution in [3.63, 3.8) is 0 Å². The smallest absolute Gasteiger partial charge is 0.194 e. The summed E-state index contributed by atoms with van der Waals surface area (Å²) in [6.45, 7) is 10.2. The van der Waals surface area contributed by atoms with E-state index in [0.29, 0.717) is 13.2 Å². The number of hydrogen-bond acceptors (Lipinski definition) is 4. The Labute approximate surface area is 153 Å². The third kappa shape index (κ3) is 4.58. The SMILES string of the molecule is CCNC(=NCc1ncc(C)s1)N1CCOC(c2ccccc2C)C1. The summed E-state index contributed by atoms with van der Waals surface area (Å²) in [5, 5.41) is 4.47. The van der Waals surface area contributed by atoms with E-state index in [0.717, 1.165) is 30.6 Å². The topological polar surface area (TPSA) is 49.8 Å². The number of thiazole rings is 1. The van der Waals surface area contributed by atoms with Crippen LogP contribution in [0.3, 0.4) is 0 Å². The van der Waals surface area contributed by atoms with Crippen LogP contribution in [0.1, 0.15) is 34.0 Å². The fourth-order valence-corrected chi connectivity index (χ4v) is 3.73. The van der Waals surface area contributed by atoms with Gasteiger partial charge in [0.15, 0.2) is 5.96 Å². The molecule has 1 aliphatic rings. The second kappa shape index (κ2) is 8.45. The molecule has 1 N–H and O–H groups in total. The van der Waals surface area contributed by atoms with Gasteiger partial charge in [-0.1, -0.05) is 24.3 Å². The van der Waals surface area contributed by atoms with Crippen LogP contribution in [-0.2, 0) is 11.3 Å². The molecule has 0 radical (unpaired) electrons. The first-order valence-corrected chi connectivity index (χ1v) is 9.60. The fraction of sp³-hybridized carbons (Fsp3) is 0.474. The van der Waals surface area contributed by atoms with E-state index in [4.69, 9.17) is 9.73 Å². The Morgan fingerprint density at radius 3 is 2.96 bits per heavy atom. The summed E-state index contributed by atoms with van der Waals surface area (Å²) in [5.74, 6) is 0.942. The maximum atomic E-state index is 6.03. The summed E-state index contributed by atoms with van der Waals surface area (Å²) in [6, 6.07) is 8.45. The van der Waals surface area contributed by atoms with Crippen molar-refractivity contribution in [2.24, 2.45) is 4.99 Å². The number of hydrogen-bond donors (Lipinski definition) is 1. The summed E-state index contributed by atoms with van der Waals surface area (Å²) in [7, 11) is 0. The number of aromatic nitrogens is 1. The highest BCUT2D eigenvalue weighted by Crippen LogP contribution is 2.25. The van der Waals surface area contributed by atoms with Crippen molar-refractivity contribution in [2.45, 2.75) is 33.4 Å². The van der Waals surface area contributed by atoms with Gasteiger partial charge < -0.3 is 15.0 Å². The number of aryl methyl sites for hydroxylation is 2. The predicted octanol–water partition coefficient (Wildman–Crippen LogP) is 3.30. The third-order valence-corrected chi connectivity index (χ3v) is 5.17. The lowest BCUT2D eigenvalue weighted by atomic mass is 10.0. The highest BCUT2D eigenvalue weighted by Gasteiger charge is 2.25. The van der Waals surface area contributed by atoms with Gasteiger partial charge in [0.25, 0.3) is 0 Å². The molecule has 0 aliphatic carbocycles. The first-order valence-electron chi connectivity index (χ1n) is 8.79. The molecule has 134 valence electrons. The first kappa shape index (κ1) is 17.9. The molecule has 1 aromatic carbocycles. The fourth-order valence-electron chi connectivity index (χ4n) is 3.02. The average Bonchev–Trinajstić information content (AvgIpc) is 3.04. The minimum absolute atomic E-state index is 0.0842. The van der Waals surface area contributed by atoms with E-state index >= 15 is 0 Å². The minimum atomic E-state index is 0.0842. The minimum Gasteiger partial charge on any atom is -0.370 e. The molecule has 0 saturated carbocycles. The number of guanidine groups is 1. The van der Waals surface area contributed by atoms with Crippen LogP contribution in [0.25, 0.3) is 0 Å². The van der Waals surface area contributed by atoms with Crippen molar-refractivity contribution in [1.29, 1.82) is 0 Å². The van der Waals surface area contributed by atoms with Crippen LogP contribution in [0, 0.1) is 13.8 Å². The van der Waals surface area contributed by atoms with Crippen LogP contribution in [0.15, 0.2) is 35.5 Å². The van der Waals surface area contributed by atoms with E-state index in [-0.39, 0.29) is 6.10 Å². The Kier molecular flexibility index (Phi) is 6.04. The van der Waals surface area contributed by atoms with Crippen molar-refractivity contribution in [3.05, 3.63) is 51.5 Å². The monoisotopic (exact) mass is 358 g/mol. The van der Waals surface area contributed by atoms with Crippen molar-refractivity contribution in [3.8, 4) is 0 Å². The number of morpholine rings is 1. The van der Waals surface area contributed by atoms with E-state index < -0.39 is 0 Å². The van der Waals surface area contributed by atoms with Gasteiger partial charge in [-0.3, -0.25) is 0 Å². The van der Waals surface area contributed by atoms with Crippen molar-refractivity contribution in [2.75, 3.05) is 26.2 Å². The highest BCUT2D eigenvalue weighted by molar-refractivity contribution is 7.11.